The molecule has 0 bridgehead atoms. The highest BCUT2D eigenvalue weighted by molar-refractivity contribution is 6.05. The number of benzene rings is 2. The quantitative estimate of drug-likeness (QED) is 0.704. The van der Waals surface area contributed by atoms with Crippen LogP contribution in [0.15, 0.2) is 48.5 Å². The van der Waals surface area contributed by atoms with Crippen LogP contribution in [-0.2, 0) is 4.79 Å². The third-order valence-corrected chi connectivity index (χ3v) is 6.98. The first-order valence-electron chi connectivity index (χ1n) is 11.6. The number of anilines is 1. The van der Waals surface area contributed by atoms with Crippen LogP contribution in [0, 0.1) is 0 Å². The summed E-state index contributed by atoms with van der Waals surface area (Å²) in [6, 6.07) is 14.2. The van der Waals surface area contributed by atoms with E-state index in [-0.39, 0.29) is 11.8 Å². The molecule has 3 N–H and O–H groups in total. The summed E-state index contributed by atoms with van der Waals surface area (Å²) in [7, 11) is 0. The Hall–Kier alpha value is -3.15. The van der Waals surface area contributed by atoms with Crippen molar-refractivity contribution in [2.45, 2.75) is 63.3 Å². The van der Waals surface area contributed by atoms with Crippen molar-refractivity contribution in [2.75, 3.05) is 11.9 Å². The molecule has 6 heteroatoms. The lowest BCUT2D eigenvalue weighted by Crippen LogP contribution is -2.62. The zero-order valence-electron chi connectivity index (χ0n) is 18.6. The van der Waals surface area contributed by atoms with Crippen molar-refractivity contribution in [2.24, 2.45) is 5.73 Å². The number of nitrogens with zero attached hydrogens (tertiary/aromatic N) is 1. The van der Waals surface area contributed by atoms with E-state index in [0.29, 0.717) is 23.4 Å². The summed E-state index contributed by atoms with van der Waals surface area (Å²) in [5, 5.41) is 3.05. The second kappa shape index (κ2) is 9.15. The minimum atomic E-state index is -0.504. The lowest BCUT2D eigenvalue weighted by molar-refractivity contribution is -0.122. The molecule has 2 aromatic carbocycles. The van der Waals surface area contributed by atoms with E-state index in [0.717, 1.165) is 50.5 Å². The van der Waals surface area contributed by atoms with Crippen molar-refractivity contribution in [1.82, 2.24) is 4.90 Å². The molecule has 4 rings (SSSR count). The molecule has 1 heterocycles. The van der Waals surface area contributed by atoms with Gasteiger partial charge >= 0.3 is 0 Å². The van der Waals surface area contributed by atoms with Gasteiger partial charge in [-0.15, -0.1) is 0 Å². The van der Waals surface area contributed by atoms with E-state index in [1.54, 1.807) is 24.3 Å². The summed E-state index contributed by atoms with van der Waals surface area (Å²) < 4.78 is 0. The van der Waals surface area contributed by atoms with Crippen molar-refractivity contribution < 1.29 is 14.4 Å². The molecule has 1 fully saturated rings. The first-order valence-corrected chi connectivity index (χ1v) is 11.6. The van der Waals surface area contributed by atoms with Crippen LogP contribution in [0.4, 0.5) is 5.69 Å². The van der Waals surface area contributed by atoms with E-state index >= 15 is 0 Å². The molecular weight excluding hydrogens is 402 g/mol. The summed E-state index contributed by atoms with van der Waals surface area (Å²) in [6.07, 6.45) is 6.71. The molecular formula is C26H31N3O3. The van der Waals surface area contributed by atoms with E-state index in [1.807, 2.05) is 29.2 Å². The lowest BCUT2D eigenvalue weighted by Gasteiger charge is -2.53. The summed E-state index contributed by atoms with van der Waals surface area (Å²) in [5.74, 6) is -1.01. The number of nitrogens with one attached hydrogen (secondary N) is 1. The van der Waals surface area contributed by atoms with Gasteiger partial charge in [-0.3, -0.25) is 14.4 Å². The van der Waals surface area contributed by atoms with Crippen LogP contribution in [0.5, 0.6) is 0 Å². The number of carbonyl (C=O) groups is 3. The Morgan fingerprint density at radius 1 is 1.06 bits per heavy atom. The summed E-state index contributed by atoms with van der Waals surface area (Å²) >= 11 is 0. The molecule has 0 aromatic heterocycles. The Kier molecular flexibility index (Phi) is 6.31. The fourth-order valence-corrected chi connectivity index (χ4v) is 5.42. The molecule has 1 aliphatic heterocycles. The minimum Gasteiger partial charge on any atom is -0.366 e. The number of amides is 3. The first-order chi connectivity index (χ1) is 15.5. The van der Waals surface area contributed by atoms with Gasteiger partial charge in [0.2, 0.25) is 11.8 Å². The Balaban J connectivity index is 1.75. The molecule has 1 atom stereocenters. The average molecular weight is 434 g/mol. The van der Waals surface area contributed by atoms with E-state index in [1.165, 1.54) is 0 Å². The van der Waals surface area contributed by atoms with Gasteiger partial charge in [0, 0.05) is 23.4 Å². The van der Waals surface area contributed by atoms with Crippen LogP contribution in [0.1, 0.15) is 84.1 Å². The van der Waals surface area contributed by atoms with Gasteiger partial charge in [0.25, 0.3) is 5.91 Å². The highest BCUT2D eigenvalue weighted by atomic mass is 16.2. The second-order valence-electron chi connectivity index (χ2n) is 8.93. The monoisotopic (exact) mass is 433 g/mol. The molecule has 6 nitrogen and oxygen atoms in total. The molecule has 0 radical (unpaired) electrons. The highest BCUT2D eigenvalue weighted by Crippen LogP contribution is 2.49. The Labute approximate surface area is 189 Å². The SMILES string of the molecule is CCCCN1C(=O)c2ccccc2C(C(=O)Nc2ccc(C(N)=O)cc2)C12CCCCC2. The van der Waals surface area contributed by atoms with Gasteiger partial charge in [-0.25, -0.2) is 0 Å². The molecule has 1 saturated carbocycles. The zero-order chi connectivity index (χ0) is 22.7. The molecule has 168 valence electrons. The normalized spacial score (nSPS) is 19.5. The van der Waals surface area contributed by atoms with Crippen molar-refractivity contribution in [3.05, 3.63) is 65.2 Å². The molecule has 3 amide bonds. The van der Waals surface area contributed by atoms with Crippen LogP contribution in [0.2, 0.25) is 0 Å². The first kappa shape index (κ1) is 22.1. The maximum absolute atomic E-state index is 13.8. The van der Waals surface area contributed by atoms with Crippen molar-refractivity contribution in [3.8, 4) is 0 Å². The average Bonchev–Trinajstić information content (AvgIpc) is 2.80. The molecule has 1 aliphatic carbocycles. The van der Waals surface area contributed by atoms with E-state index in [9.17, 15) is 14.4 Å². The third-order valence-electron chi connectivity index (χ3n) is 6.98. The van der Waals surface area contributed by atoms with E-state index < -0.39 is 17.4 Å². The maximum Gasteiger partial charge on any atom is 0.254 e. The summed E-state index contributed by atoms with van der Waals surface area (Å²) in [6.45, 7) is 2.79. The molecule has 32 heavy (non-hydrogen) atoms. The van der Waals surface area contributed by atoms with Crippen LogP contribution in [-0.4, -0.2) is 34.7 Å². The maximum atomic E-state index is 13.8. The number of carbonyl (C=O) groups excluding carboxylic acids is 3. The van der Waals surface area contributed by atoms with Crippen molar-refractivity contribution in [3.63, 3.8) is 0 Å². The van der Waals surface area contributed by atoms with Gasteiger partial charge in [0.1, 0.15) is 0 Å². The third kappa shape index (κ3) is 3.90. The minimum absolute atomic E-state index is 0.0470. The number of hydrogen-bond donors (Lipinski definition) is 2. The standard InChI is InChI=1S/C26H31N3O3/c1-2-3-17-29-25(32)21-10-6-5-9-20(21)22(26(29)15-7-4-8-16-26)24(31)28-19-13-11-18(12-14-19)23(27)30/h5-6,9-14,22H,2-4,7-8,15-17H2,1H3,(H2,27,30)(H,28,31). The predicted molar refractivity (Wildman–Crippen MR) is 125 cm³/mol. The molecule has 0 saturated heterocycles. The van der Waals surface area contributed by atoms with Crippen molar-refractivity contribution >= 4 is 23.4 Å². The smallest absolute Gasteiger partial charge is 0.254 e. The fraction of sp³-hybridized carbons (Fsp3) is 0.423. The number of hydrogen-bond acceptors (Lipinski definition) is 3. The Bertz CT molecular complexity index is 1010. The zero-order valence-corrected chi connectivity index (χ0v) is 18.6. The largest absolute Gasteiger partial charge is 0.366 e. The van der Waals surface area contributed by atoms with Gasteiger partial charge in [-0.05, 0) is 55.2 Å². The van der Waals surface area contributed by atoms with Crippen molar-refractivity contribution in [1.29, 1.82) is 0 Å². The number of unbranched alkanes of at least 4 members (excludes halogenated alkanes) is 1. The second-order valence-corrected chi connectivity index (χ2v) is 8.93. The van der Waals surface area contributed by atoms with Crippen LogP contribution < -0.4 is 11.1 Å². The van der Waals surface area contributed by atoms with Gasteiger partial charge in [-0.1, -0.05) is 50.8 Å². The highest BCUT2D eigenvalue weighted by Gasteiger charge is 2.54. The Morgan fingerprint density at radius 2 is 1.75 bits per heavy atom. The van der Waals surface area contributed by atoms with Crippen LogP contribution >= 0.6 is 0 Å². The van der Waals surface area contributed by atoms with E-state index in [2.05, 4.69) is 12.2 Å². The van der Waals surface area contributed by atoms with Crippen LogP contribution in [0.25, 0.3) is 0 Å². The van der Waals surface area contributed by atoms with Gasteiger partial charge in [0.05, 0.1) is 11.5 Å². The predicted octanol–water partition coefficient (Wildman–Crippen LogP) is 4.47. The molecule has 1 unspecified atom stereocenters. The van der Waals surface area contributed by atoms with Gasteiger partial charge < -0.3 is 16.0 Å². The molecule has 1 spiro atoms. The summed E-state index contributed by atoms with van der Waals surface area (Å²) in [5.41, 5.74) is 7.28. The molecule has 2 aromatic rings. The fourth-order valence-electron chi connectivity index (χ4n) is 5.42. The van der Waals surface area contributed by atoms with Gasteiger partial charge in [0.15, 0.2) is 0 Å². The van der Waals surface area contributed by atoms with Crippen LogP contribution in [0.3, 0.4) is 0 Å². The number of rotatable bonds is 6. The topological polar surface area (TPSA) is 92.5 Å². The number of fused-ring (bicyclic) bond motifs is 1. The molecule has 2 aliphatic rings. The Morgan fingerprint density at radius 3 is 2.41 bits per heavy atom. The van der Waals surface area contributed by atoms with Gasteiger partial charge in [-0.2, -0.15) is 0 Å². The summed E-state index contributed by atoms with van der Waals surface area (Å²) in [4.78, 5) is 40.8. The number of nitrogens with two attached hydrogens (primary N) is 1. The number of primary amides is 1. The lowest BCUT2D eigenvalue weighted by atomic mass is 9.65. The van der Waals surface area contributed by atoms with E-state index in [4.69, 9.17) is 5.73 Å².